The fourth-order valence-electron chi connectivity index (χ4n) is 1.56. The van der Waals surface area contributed by atoms with Gasteiger partial charge < -0.3 is 10.6 Å². The molecule has 1 aromatic rings. The van der Waals surface area contributed by atoms with Gasteiger partial charge in [-0.3, -0.25) is 10.1 Å². The Morgan fingerprint density at radius 3 is 2.50 bits per heavy atom. The molecule has 0 radical (unpaired) electrons. The summed E-state index contributed by atoms with van der Waals surface area (Å²) in [5, 5.41) is 7.47. The van der Waals surface area contributed by atoms with Crippen LogP contribution in [0.4, 0.5) is 4.79 Å². The van der Waals surface area contributed by atoms with E-state index in [2.05, 4.69) is 28.9 Å². The zero-order valence-corrected chi connectivity index (χ0v) is 13.0. The predicted octanol–water partition coefficient (Wildman–Crippen LogP) is 1.90. The Morgan fingerprint density at radius 2 is 1.90 bits per heavy atom. The van der Waals surface area contributed by atoms with Crippen molar-refractivity contribution in [2.45, 2.75) is 30.0 Å². The predicted molar refractivity (Wildman–Crippen MR) is 81.8 cm³/mol. The van der Waals surface area contributed by atoms with Crippen molar-refractivity contribution in [2.75, 3.05) is 14.1 Å². The number of urea groups is 1. The highest BCUT2D eigenvalue weighted by molar-refractivity contribution is 8.00. The van der Waals surface area contributed by atoms with E-state index in [0.717, 1.165) is 10.5 Å². The lowest BCUT2D eigenvalue weighted by atomic mass is 10.1. The van der Waals surface area contributed by atoms with Gasteiger partial charge in [-0.15, -0.1) is 11.8 Å². The van der Waals surface area contributed by atoms with Crippen LogP contribution in [0.3, 0.4) is 0 Å². The molecule has 0 saturated carbocycles. The average Bonchev–Trinajstić information content (AvgIpc) is 2.46. The molecule has 1 aromatic carbocycles. The minimum Gasteiger partial charge on any atom is -0.341 e. The van der Waals surface area contributed by atoms with Crippen molar-refractivity contribution >= 4 is 23.7 Å². The zero-order chi connectivity index (χ0) is 15.1. The average molecular weight is 295 g/mol. The Hall–Kier alpha value is -1.53. The number of nitrogens with one attached hydrogen (secondary N) is 3. The van der Waals surface area contributed by atoms with Crippen molar-refractivity contribution in [3.05, 3.63) is 29.8 Å². The van der Waals surface area contributed by atoms with Crippen LogP contribution in [-0.2, 0) is 4.79 Å². The Kier molecular flexibility index (Phi) is 6.54. The number of hydrogen-bond donors (Lipinski definition) is 3. The topological polar surface area (TPSA) is 70.2 Å². The maximum Gasteiger partial charge on any atom is 0.321 e. The van der Waals surface area contributed by atoms with Crippen molar-refractivity contribution in [2.24, 2.45) is 0 Å². The van der Waals surface area contributed by atoms with Crippen LogP contribution < -0.4 is 16.0 Å². The second-order valence-electron chi connectivity index (χ2n) is 4.41. The molecule has 2 atom stereocenters. The lowest BCUT2D eigenvalue weighted by molar-refractivity contribution is -0.119. The largest absolute Gasteiger partial charge is 0.341 e. The quantitative estimate of drug-likeness (QED) is 0.726. The van der Waals surface area contributed by atoms with E-state index in [-0.39, 0.29) is 17.2 Å². The number of carbonyl (C=O) groups excluding carboxylic acids is 2. The van der Waals surface area contributed by atoms with Gasteiger partial charge in [-0.25, -0.2) is 4.79 Å². The molecular weight excluding hydrogens is 274 g/mol. The molecule has 0 aliphatic rings. The summed E-state index contributed by atoms with van der Waals surface area (Å²) >= 11 is 1.43. The van der Waals surface area contributed by atoms with Crippen molar-refractivity contribution in [1.29, 1.82) is 0 Å². The summed E-state index contributed by atoms with van der Waals surface area (Å²) in [5.74, 6) is -0.304. The molecule has 0 bridgehead atoms. The number of rotatable bonds is 5. The standard InChI is InChI=1S/C14H21N3O2S/c1-9(15-3)11-6-5-7-12(8-11)20-10(2)13(18)17-14(19)16-4/h5-10,15H,1-4H3,(H2,16,17,18,19). The third kappa shape index (κ3) is 4.86. The summed E-state index contributed by atoms with van der Waals surface area (Å²) in [6.45, 7) is 3.85. The van der Waals surface area contributed by atoms with Crippen LogP contribution in [0.1, 0.15) is 25.5 Å². The highest BCUT2D eigenvalue weighted by Gasteiger charge is 2.16. The summed E-state index contributed by atoms with van der Waals surface area (Å²) in [7, 11) is 3.38. The minimum absolute atomic E-state index is 0.255. The van der Waals surface area contributed by atoms with Crippen LogP contribution >= 0.6 is 11.8 Å². The van der Waals surface area contributed by atoms with E-state index in [1.165, 1.54) is 18.8 Å². The van der Waals surface area contributed by atoms with Crippen molar-refractivity contribution in [3.8, 4) is 0 Å². The Balaban J connectivity index is 2.68. The second kappa shape index (κ2) is 7.91. The molecule has 3 N–H and O–H groups in total. The molecule has 0 saturated heterocycles. The first kappa shape index (κ1) is 16.5. The molecule has 110 valence electrons. The highest BCUT2D eigenvalue weighted by atomic mass is 32.2. The summed E-state index contributed by atoms with van der Waals surface area (Å²) < 4.78 is 0. The highest BCUT2D eigenvalue weighted by Crippen LogP contribution is 2.26. The first-order valence-corrected chi connectivity index (χ1v) is 7.32. The minimum atomic E-state index is -0.486. The van der Waals surface area contributed by atoms with Crippen LogP contribution in [-0.4, -0.2) is 31.3 Å². The Morgan fingerprint density at radius 1 is 1.20 bits per heavy atom. The number of benzene rings is 1. The first-order chi connectivity index (χ1) is 9.47. The molecule has 0 heterocycles. The van der Waals surface area contributed by atoms with Crippen LogP contribution in [0.2, 0.25) is 0 Å². The molecule has 2 unspecified atom stereocenters. The van der Waals surface area contributed by atoms with Gasteiger partial charge in [0.05, 0.1) is 5.25 Å². The number of carbonyl (C=O) groups is 2. The molecule has 6 heteroatoms. The van der Waals surface area contributed by atoms with E-state index in [0.29, 0.717) is 0 Å². The van der Waals surface area contributed by atoms with Gasteiger partial charge in [-0.1, -0.05) is 12.1 Å². The summed E-state index contributed by atoms with van der Waals surface area (Å²) in [5.41, 5.74) is 1.16. The van der Waals surface area contributed by atoms with E-state index in [4.69, 9.17) is 0 Å². The van der Waals surface area contributed by atoms with Gasteiger partial charge >= 0.3 is 6.03 Å². The smallest absolute Gasteiger partial charge is 0.321 e. The summed E-state index contributed by atoms with van der Waals surface area (Å²) in [6.07, 6.45) is 0. The fraction of sp³-hybridized carbons (Fsp3) is 0.429. The molecule has 0 aromatic heterocycles. The number of amides is 3. The van der Waals surface area contributed by atoms with Crippen LogP contribution in [0.15, 0.2) is 29.2 Å². The lowest BCUT2D eigenvalue weighted by Gasteiger charge is -2.14. The molecule has 1 rings (SSSR count). The molecular formula is C14H21N3O2S. The van der Waals surface area contributed by atoms with Crippen LogP contribution in [0, 0.1) is 0 Å². The molecule has 0 aliphatic carbocycles. The number of hydrogen-bond acceptors (Lipinski definition) is 4. The van der Waals surface area contributed by atoms with Gasteiger partial charge in [-0.2, -0.15) is 0 Å². The SMILES string of the molecule is CNC(=O)NC(=O)C(C)Sc1cccc(C(C)NC)c1. The number of thioether (sulfide) groups is 1. The van der Waals surface area contributed by atoms with E-state index in [9.17, 15) is 9.59 Å². The van der Waals surface area contributed by atoms with E-state index in [1.54, 1.807) is 6.92 Å². The number of imide groups is 1. The molecule has 0 aliphatic heterocycles. The molecule has 5 nitrogen and oxygen atoms in total. The second-order valence-corrected chi connectivity index (χ2v) is 5.83. The molecule has 3 amide bonds. The third-order valence-corrected chi connectivity index (χ3v) is 4.03. The molecule has 0 fully saturated rings. The van der Waals surface area contributed by atoms with E-state index >= 15 is 0 Å². The van der Waals surface area contributed by atoms with Gasteiger partial charge in [0.15, 0.2) is 0 Å². The fourth-order valence-corrected chi connectivity index (χ4v) is 2.49. The van der Waals surface area contributed by atoms with Gasteiger partial charge in [0.25, 0.3) is 0 Å². The maximum absolute atomic E-state index is 11.8. The Labute approximate surface area is 123 Å². The third-order valence-electron chi connectivity index (χ3n) is 2.94. The molecule has 0 spiro atoms. The maximum atomic E-state index is 11.8. The molecule has 20 heavy (non-hydrogen) atoms. The van der Waals surface area contributed by atoms with Gasteiger partial charge in [0.1, 0.15) is 0 Å². The normalized spacial score (nSPS) is 13.4. The van der Waals surface area contributed by atoms with Gasteiger partial charge in [0.2, 0.25) is 5.91 Å². The van der Waals surface area contributed by atoms with Crippen LogP contribution in [0.5, 0.6) is 0 Å². The first-order valence-electron chi connectivity index (χ1n) is 6.44. The summed E-state index contributed by atoms with van der Waals surface area (Å²) in [4.78, 5) is 23.9. The lowest BCUT2D eigenvalue weighted by Crippen LogP contribution is -2.41. The van der Waals surface area contributed by atoms with Crippen molar-refractivity contribution < 1.29 is 9.59 Å². The van der Waals surface area contributed by atoms with Gasteiger partial charge in [0, 0.05) is 18.0 Å². The Bertz CT molecular complexity index is 479. The van der Waals surface area contributed by atoms with Crippen LogP contribution in [0.25, 0.3) is 0 Å². The van der Waals surface area contributed by atoms with Crippen molar-refractivity contribution in [3.63, 3.8) is 0 Å². The monoisotopic (exact) mass is 295 g/mol. The van der Waals surface area contributed by atoms with Gasteiger partial charge in [-0.05, 0) is 38.6 Å². The van der Waals surface area contributed by atoms with E-state index in [1.807, 2.05) is 25.2 Å². The van der Waals surface area contributed by atoms with Crippen molar-refractivity contribution in [1.82, 2.24) is 16.0 Å². The van der Waals surface area contributed by atoms with E-state index < -0.39 is 6.03 Å². The summed E-state index contributed by atoms with van der Waals surface area (Å²) in [6, 6.07) is 7.79. The zero-order valence-electron chi connectivity index (χ0n) is 12.2.